The Hall–Kier alpha value is -1.59. The number of benzene rings is 1. The highest BCUT2D eigenvalue weighted by molar-refractivity contribution is 5.74. The number of carboxylic acids is 1. The average molecular weight is 252 g/mol. The first-order valence-electron chi connectivity index (χ1n) is 5.91. The molecule has 0 aromatic heterocycles. The molecule has 0 radical (unpaired) electrons. The van der Waals surface area contributed by atoms with Crippen LogP contribution in [0.5, 0.6) is 5.75 Å². The summed E-state index contributed by atoms with van der Waals surface area (Å²) in [5.41, 5.74) is 0.338. The monoisotopic (exact) mass is 252 g/mol. The molecule has 0 saturated carbocycles. The topological polar surface area (TPSA) is 79.3 Å². The number of aliphatic hydroxyl groups is 1. The highest BCUT2D eigenvalue weighted by Crippen LogP contribution is 2.24. The van der Waals surface area contributed by atoms with Gasteiger partial charge in [-0.15, -0.1) is 0 Å². The molecule has 18 heavy (non-hydrogen) atoms. The molecule has 2 N–H and O–H groups in total. The van der Waals surface area contributed by atoms with Gasteiger partial charge in [-0.1, -0.05) is 19.1 Å². The van der Waals surface area contributed by atoms with Crippen LogP contribution in [0.15, 0.2) is 24.3 Å². The van der Waals surface area contributed by atoms with E-state index in [1.54, 1.807) is 24.3 Å². The normalized spacial score (nSPS) is 21.1. The van der Waals surface area contributed by atoms with Gasteiger partial charge in [-0.25, -0.2) is 4.79 Å². The lowest BCUT2D eigenvalue weighted by Gasteiger charge is -2.15. The minimum Gasteiger partial charge on any atom is -0.488 e. The molecule has 2 rings (SSSR count). The molecule has 0 amide bonds. The summed E-state index contributed by atoms with van der Waals surface area (Å²) in [5, 5.41) is 18.0. The minimum absolute atomic E-state index is 0.0280. The smallest absolute Gasteiger partial charge is 0.337 e. The Bertz CT molecular complexity index is 410. The summed E-state index contributed by atoms with van der Waals surface area (Å²) in [4.78, 5) is 10.6. The van der Waals surface area contributed by atoms with Gasteiger partial charge >= 0.3 is 5.97 Å². The zero-order chi connectivity index (χ0) is 13.1. The molecule has 3 atom stereocenters. The van der Waals surface area contributed by atoms with Gasteiger partial charge in [0.15, 0.2) is 6.10 Å². The number of carboxylic acid groups (broad SMARTS) is 1. The van der Waals surface area contributed by atoms with E-state index < -0.39 is 12.1 Å². The fourth-order valence-electron chi connectivity index (χ4n) is 1.74. The molecular weight excluding hydrogens is 236 g/mol. The van der Waals surface area contributed by atoms with Gasteiger partial charge < -0.3 is 19.7 Å². The van der Waals surface area contributed by atoms with Gasteiger partial charge in [-0.2, -0.15) is 0 Å². The molecule has 3 unspecified atom stereocenters. The van der Waals surface area contributed by atoms with Crippen LogP contribution in [0.25, 0.3) is 0 Å². The van der Waals surface area contributed by atoms with Crippen LogP contribution in [0.3, 0.4) is 0 Å². The van der Waals surface area contributed by atoms with Crippen molar-refractivity contribution in [1.82, 2.24) is 0 Å². The van der Waals surface area contributed by atoms with E-state index in [0.29, 0.717) is 11.3 Å². The highest BCUT2D eigenvalue weighted by atomic mass is 16.6. The Morgan fingerprint density at radius 3 is 2.56 bits per heavy atom. The first-order chi connectivity index (χ1) is 8.61. The second-order valence-electron chi connectivity index (χ2n) is 4.25. The molecule has 98 valence electrons. The van der Waals surface area contributed by atoms with Crippen molar-refractivity contribution >= 4 is 5.97 Å². The van der Waals surface area contributed by atoms with Gasteiger partial charge in [-0.3, -0.25) is 0 Å². The van der Waals surface area contributed by atoms with E-state index in [1.807, 2.05) is 6.92 Å². The average Bonchev–Trinajstić information content (AvgIpc) is 3.20. The van der Waals surface area contributed by atoms with E-state index in [9.17, 15) is 9.90 Å². The molecule has 1 aromatic carbocycles. The summed E-state index contributed by atoms with van der Waals surface area (Å²) >= 11 is 0. The van der Waals surface area contributed by atoms with Crippen molar-refractivity contribution in [3.05, 3.63) is 29.8 Å². The molecule has 0 spiro atoms. The fourth-order valence-corrected chi connectivity index (χ4v) is 1.74. The minimum atomic E-state index is -1.49. The van der Waals surface area contributed by atoms with Gasteiger partial charge in [0.05, 0.1) is 6.61 Å². The maximum absolute atomic E-state index is 10.6. The number of aliphatic hydroxyl groups excluding tert-OH is 1. The Labute approximate surface area is 105 Å². The Kier molecular flexibility index (Phi) is 3.84. The number of aliphatic carboxylic acids is 1. The van der Waals surface area contributed by atoms with Crippen molar-refractivity contribution < 1.29 is 24.5 Å². The van der Waals surface area contributed by atoms with Crippen molar-refractivity contribution in [2.75, 3.05) is 6.61 Å². The summed E-state index contributed by atoms with van der Waals surface area (Å²) < 4.78 is 10.9. The van der Waals surface area contributed by atoms with Gasteiger partial charge in [0.2, 0.25) is 0 Å². The van der Waals surface area contributed by atoms with E-state index in [1.165, 1.54) is 0 Å². The fraction of sp³-hybridized carbons (Fsp3) is 0.462. The molecule has 1 fully saturated rings. The summed E-state index contributed by atoms with van der Waals surface area (Å²) in [6.07, 6.45) is -0.447. The SMILES string of the molecule is CCC(Oc1ccc(C(O)C(=O)O)cc1)C1CO1. The Morgan fingerprint density at radius 1 is 1.50 bits per heavy atom. The largest absolute Gasteiger partial charge is 0.488 e. The van der Waals surface area contributed by atoms with E-state index >= 15 is 0 Å². The molecule has 0 aliphatic carbocycles. The van der Waals surface area contributed by atoms with Crippen LogP contribution in [0.2, 0.25) is 0 Å². The first-order valence-corrected chi connectivity index (χ1v) is 5.91. The summed E-state index contributed by atoms with van der Waals surface area (Å²) in [5.74, 6) is -0.611. The first kappa shape index (κ1) is 12.9. The van der Waals surface area contributed by atoms with Crippen LogP contribution in [0, 0.1) is 0 Å². The number of hydrogen-bond acceptors (Lipinski definition) is 4. The molecule has 1 aromatic rings. The zero-order valence-electron chi connectivity index (χ0n) is 10.1. The quantitative estimate of drug-likeness (QED) is 0.747. The maximum Gasteiger partial charge on any atom is 0.337 e. The molecule has 0 bridgehead atoms. The van der Waals surface area contributed by atoms with E-state index in [2.05, 4.69) is 0 Å². The van der Waals surface area contributed by atoms with Crippen molar-refractivity contribution in [2.45, 2.75) is 31.7 Å². The summed E-state index contributed by atoms with van der Waals surface area (Å²) in [6, 6.07) is 6.42. The molecular formula is C13H16O5. The highest BCUT2D eigenvalue weighted by Gasteiger charge is 2.33. The Morgan fingerprint density at radius 2 is 2.11 bits per heavy atom. The van der Waals surface area contributed by atoms with Gasteiger partial charge in [-0.05, 0) is 24.1 Å². The van der Waals surface area contributed by atoms with Crippen LogP contribution in [0.4, 0.5) is 0 Å². The third-order valence-electron chi connectivity index (χ3n) is 2.89. The second kappa shape index (κ2) is 5.37. The number of ether oxygens (including phenoxy) is 2. The lowest BCUT2D eigenvalue weighted by Crippen LogP contribution is -2.22. The predicted molar refractivity (Wildman–Crippen MR) is 63.5 cm³/mol. The Balaban J connectivity index is 2.00. The van der Waals surface area contributed by atoms with Crippen LogP contribution in [-0.4, -0.2) is 35.0 Å². The predicted octanol–water partition coefficient (Wildman–Crippen LogP) is 1.36. The third kappa shape index (κ3) is 3.00. The zero-order valence-corrected chi connectivity index (χ0v) is 10.1. The van der Waals surface area contributed by atoms with E-state index in [-0.39, 0.29) is 12.2 Å². The molecule has 5 heteroatoms. The molecule has 1 aliphatic rings. The lowest BCUT2D eigenvalue weighted by molar-refractivity contribution is -0.146. The number of carbonyl (C=O) groups is 1. The van der Waals surface area contributed by atoms with Crippen LogP contribution in [-0.2, 0) is 9.53 Å². The lowest BCUT2D eigenvalue weighted by atomic mass is 10.1. The maximum atomic E-state index is 10.6. The molecule has 1 heterocycles. The van der Waals surface area contributed by atoms with Gasteiger partial charge in [0.25, 0.3) is 0 Å². The van der Waals surface area contributed by atoms with Crippen molar-refractivity contribution in [3.8, 4) is 5.75 Å². The van der Waals surface area contributed by atoms with Crippen molar-refractivity contribution in [1.29, 1.82) is 0 Å². The van der Waals surface area contributed by atoms with E-state index in [0.717, 1.165) is 13.0 Å². The number of hydrogen-bond donors (Lipinski definition) is 2. The van der Waals surface area contributed by atoms with Crippen LogP contribution >= 0.6 is 0 Å². The van der Waals surface area contributed by atoms with Crippen LogP contribution < -0.4 is 4.74 Å². The number of epoxide rings is 1. The molecule has 1 saturated heterocycles. The van der Waals surface area contributed by atoms with Crippen molar-refractivity contribution in [2.24, 2.45) is 0 Å². The van der Waals surface area contributed by atoms with Crippen LogP contribution in [0.1, 0.15) is 25.0 Å². The standard InChI is InChI=1S/C13H16O5/c1-2-10(11-7-17-11)18-9-5-3-8(4-6-9)12(14)13(15)16/h3-6,10-12,14H,2,7H2,1H3,(H,15,16). The summed E-state index contributed by atoms with van der Waals surface area (Å²) in [7, 11) is 0. The third-order valence-corrected chi connectivity index (χ3v) is 2.89. The summed E-state index contributed by atoms with van der Waals surface area (Å²) in [6.45, 7) is 2.75. The second-order valence-corrected chi connectivity index (χ2v) is 4.25. The molecule has 5 nitrogen and oxygen atoms in total. The molecule has 1 aliphatic heterocycles. The number of rotatable bonds is 6. The van der Waals surface area contributed by atoms with E-state index in [4.69, 9.17) is 14.6 Å². The van der Waals surface area contributed by atoms with Gasteiger partial charge in [0.1, 0.15) is 18.0 Å². The van der Waals surface area contributed by atoms with Gasteiger partial charge in [0, 0.05) is 0 Å². The van der Waals surface area contributed by atoms with Crippen molar-refractivity contribution in [3.63, 3.8) is 0 Å².